The lowest BCUT2D eigenvalue weighted by Crippen LogP contribution is -2.03. The van der Waals surface area contributed by atoms with Crippen LogP contribution in [0.4, 0.5) is 8.78 Å². The average Bonchev–Trinajstić information content (AvgIpc) is 2.01. The lowest BCUT2D eigenvalue weighted by atomic mass is 10.1. The van der Waals surface area contributed by atoms with Crippen molar-refractivity contribution >= 4 is 39.4 Å². The van der Waals surface area contributed by atoms with Crippen molar-refractivity contribution in [3.63, 3.8) is 0 Å². The second-order valence-corrected chi connectivity index (χ2v) is 3.97. The maximum Gasteiger partial charge on any atom is 0.270 e. The van der Waals surface area contributed by atoms with Crippen LogP contribution >= 0.6 is 34.2 Å². The summed E-state index contributed by atoms with van der Waals surface area (Å²) in [6, 6.07) is 1.26. The summed E-state index contributed by atoms with van der Waals surface area (Å²) in [5.41, 5.74) is 0.175. The monoisotopic (exact) mass is 331 g/mol. The molecule has 0 spiro atoms. The Hall–Kier alpha value is -0.300. The van der Waals surface area contributed by atoms with Crippen LogP contribution in [0.5, 0.6) is 0 Å². The zero-order chi connectivity index (χ0) is 10.9. The van der Waals surface area contributed by atoms with Gasteiger partial charge in [-0.3, -0.25) is 4.79 Å². The van der Waals surface area contributed by atoms with Crippen LogP contribution in [0.15, 0.2) is 6.07 Å². The van der Waals surface area contributed by atoms with Gasteiger partial charge in [0.2, 0.25) is 0 Å². The van der Waals surface area contributed by atoms with Crippen LogP contribution in [0.25, 0.3) is 0 Å². The third-order valence-electron chi connectivity index (χ3n) is 1.64. The molecule has 76 valence electrons. The highest BCUT2D eigenvalue weighted by Gasteiger charge is 2.18. The second kappa shape index (κ2) is 4.48. The lowest BCUT2D eigenvalue weighted by Gasteiger charge is -2.07. The molecule has 0 aliphatic heterocycles. The fourth-order valence-corrected chi connectivity index (χ4v) is 2.02. The fraction of sp³-hybridized carbons (Fsp3) is 0.250. The second-order valence-electron chi connectivity index (χ2n) is 2.60. The predicted octanol–water partition coefficient (Wildman–Crippen LogP) is 3.31. The molecule has 0 aromatic carbocycles. The molecule has 0 fully saturated rings. The minimum absolute atomic E-state index is 0.00188. The van der Waals surface area contributed by atoms with Gasteiger partial charge in [0.05, 0.1) is 5.56 Å². The molecule has 1 aromatic heterocycles. The first-order valence-corrected chi connectivity index (χ1v) is 5.04. The van der Waals surface area contributed by atoms with Crippen LogP contribution in [0, 0.1) is 10.6 Å². The number of aromatic nitrogens is 1. The highest BCUT2D eigenvalue weighted by Crippen LogP contribution is 2.27. The van der Waals surface area contributed by atoms with Crippen LogP contribution in [0.3, 0.4) is 0 Å². The molecular formula is C8H5ClF2INO. The maximum atomic E-state index is 12.5. The first kappa shape index (κ1) is 11.8. The average molecular weight is 331 g/mol. The summed E-state index contributed by atoms with van der Waals surface area (Å²) in [5.74, 6) is 0. The molecule has 0 unspecified atom stereocenters. The number of pyridine rings is 1. The SMILES string of the molecule is Cc1cc(C(=O)Cl)nc(I)c1C(F)F. The van der Waals surface area contributed by atoms with Crippen molar-refractivity contribution in [1.82, 2.24) is 4.98 Å². The molecule has 0 atom stereocenters. The summed E-state index contributed by atoms with van der Waals surface area (Å²) >= 11 is 6.85. The zero-order valence-electron chi connectivity index (χ0n) is 7.02. The van der Waals surface area contributed by atoms with Crippen molar-refractivity contribution in [1.29, 1.82) is 0 Å². The summed E-state index contributed by atoms with van der Waals surface area (Å²) in [4.78, 5) is 14.4. The van der Waals surface area contributed by atoms with Crippen molar-refractivity contribution < 1.29 is 13.6 Å². The molecule has 0 bridgehead atoms. The molecule has 14 heavy (non-hydrogen) atoms. The number of rotatable bonds is 2. The number of carbonyl (C=O) groups excluding carboxylic acids is 1. The Bertz CT molecular complexity index is 361. The topological polar surface area (TPSA) is 30.0 Å². The first-order valence-electron chi connectivity index (χ1n) is 3.58. The van der Waals surface area contributed by atoms with Crippen LogP contribution < -0.4 is 0 Å². The van der Waals surface area contributed by atoms with E-state index in [1.165, 1.54) is 13.0 Å². The van der Waals surface area contributed by atoms with Gasteiger partial charge in [-0.25, -0.2) is 13.8 Å². The first-order chi connectivity index (χ1) is 6.43. The molecule has 0 saturated heterocycles. The molecule has 0 N–H and O–H groups in total. The molecule has 2 nitrogen and oxygen atoms in total. The third kappa shape index (κ3) is 2.38. The number of hydrogen-bond acceptors (Lipinski definition) is 2. The number of halogens is 4. The van der Waals surface area contributed by atoms with E-state index in [1.54, 1.807) is 22.6 Å². The van der Waals surface area contributed by atoms with Crippen molar-refractivity contribution in [2.24, 2.45) is 0 Å². The van der Waals surface area contributed by atoms with E-state index < -0.39 is 11.7 Å². The largest absolute Gasteiger partial charge is 0.274 e. The number of carbonyl (C=O) groups is 1. The molecule has 6 heteroatoms. The minimum atomic E-state index is -2.59. The molecule has 0 saturated carbocycles. The standard InChI is InChI=1S/C8H5ClF2INO/c1-3-2-4(6(9)14)13-8(12)5(3)7(10)11/h2,7H,1H3. The van der Waals surface area contributed by atoms with E-state index in [4.69, 9.17) is 11.6 Å². The number of hydrogen-bond donors (Lipinski definition) is 0. The zero-order valence-corrected chi connectivity index (χ0v) is 9.94. The van der Waals surface area contributed by atoms with Gasteiger partial charge in [0.15, 0.2) is 0 Å². The van der Waals surface area contributed by atoms with Gasteiger partial charge in [-0.05, 0) is 52.7 Å². The molecule has 1 aromatic rings. The summed E-state index contributed by atoms with van der Waals surface area (Å²) in [5, 5.41) is -0.744. The quantitative estimate of drug-likeness (QED) is 0.473. The molecule has 1 heterocycles. The number of alkyl halides is 2. The van der Waals surface area contributed by atoms with Gasteiger partial charge in [0.25, 0.3) is 11.7 Å². The molecule has 0 amide bonds. The van der Waals surface area contributed by atoms with E-state index in [0.717, 1.165) is 0 Å². The number of nitrogens with zero attached hydrogens (tertiary/aromatic N) is 1. The third-order valence-corrected chi connectivity index (χ3v) is 2.65. The van der Waals surface area contributed by atoms with Crippen molar-refractivity contribution in [2.75, 3.05) is 0 Å². The minimum Gasteiger partial charge on any atom is -0.274 e. The maximum absolute atomic E-state index is 12.5. The molecular weight excluding hydrogens is 326 g/mol. The Kier molecular flexibility index (Phi) is 3.77. The van der Waals surface area contributed by atoms with E-state index in [1.807, 2.05) is 0 Å². The molecule has 0 radical (unpaired) electrons. The Morgan fingerprint density at radius 1 is 1.64 bits per heavy atom. The Balaban J connectivity index is 3.32. The molecule has 1 rings (SSSR count). The van der Waals surface area contributed by atoms with Gasteiger partial charge in [-0.1, -0.05) is 0 Å². The van der Waals surface area contributed by atoms with Gasteiger partial charge >= 0.3 is 0 Å². The van der Waals surface area contributed by atoms with Gasteiger partial charge < -0.3 is 0 Å². The van der Waals surface area contributed by atoms with Crippen LogP contribution in [-0.2, 0) is 0 Å². The van der Waals surface area contributed by atoms with E-state index in [0.29, 0.717) is 5.56 Å². The Morgan fingerprint density at radius 3 is 2.57 bits per heavy atom. The van der Waals surface area contributed by atoms with Crippen molar-refractivity contribution in [3.05, 3.63) is 26.6 Å². The smallest absolute Gasteiger partial charge is 0.270 e. The highest BCUT2D eigenvalue weighted by molar-refractivity contribution is 14.1. The van der Waals surface area contributed by atoms with Gasteiger partial charge in [-0.2, -0.15) is 0 Å². The Labute approximate surface area is 97.8 Å². The summed E-state index contributed by atoms with van der Waals surface area (Å²) in [6.07, 6.45) is -2.59. The Morgan fingerprint density at radius 2 is 2.21 bits per heavy atom. The van der Waals surface area contributed by atoms with Crippen LogP contribution in [0.2, 0.25) is 0 Å². The normalized spacial score (nSPS) is 10.7. The highest BCUT2D eigenvalue weighted by atomic mass is 127. The van der Waals surface area contributed by atoms with E-state index in [2.05, 4.69) is 4.98 Å². The summed E-state index contributed by atoms with van der Waals surface area (Å²) < 4.78 is 25.0. The van der Waals surface area contributed by atoms with Crippen molar-refractivity contribution in [3.8, 4) is 0 Å². The van der Waals surface area contributed by atoms with E-state index in [-0.39, 0.29) is 15.0 Å². The van der Waals surface area contributed by atoms with E-state index in [9.17, 15) is 13.6 Å². The van der Waals surface area contributed by atoms with Crippen LogP contribution in [0.1, 0.15) is 28.0 Å². The van der Waals surface area contributed by atoms with E-state index >= 15 is 0 Å². The van der Waals surface area contributed by atoms with Crippen molar-refractivity contribution in [2.45, 2.75) is 13.3 Å². The van der Waals surface area contributed by atoms with Gasteiger partial charge in [-0.15, -0.1) is 0 Å². The molecule has 0 aliphatic rings. The number of aryl methyl sites for hydroxylation is 1. The predicted molar refractivity (Wildman–Crippen MR) is 56.8 cm³/mol. The summed E-state index contributed by atoms with van der Waals surface area (Å²) in [7, 11) is 0. The molecule has 0 aliphatic carbocycles. The van der Waals surface area contributed by atoms with Gasteiger partial charge in [0, 0.05) is 0 Å². The fourth-order valence-electron chi connectivity index (χ4n) is 1.01. The van der Waals surface area contributed by atoms with Gasteiger partial charge in [0.1, 0.15) is 9.39 Å². The summed E-state index contributed by atoms with van der Waals surface area (Å²) in [6.45, 7) is 1.49. The lowest BCUT2D eigenvalue weighted by molar-refractivity contribution is 0.107. The van der Waals surface area contributed by atoms with Crippen LogP contribution in [-0.4, -0.2) is 10.2 Å².